The van der Waals surface area contributed by atoms with Crippen LogP contribution in [0.5, 0.6) is 0 Å². The first-order chi connectivity index (χ1) is 23.0. The molecule has 0 unspecified atom stereocenters. The molecule has 9 rings (SSSR count). The quantitative estimate of drug-likeness (QED) is 0.197. The third-order valence-electron chi connectivity index (χ3n) is 9.73. The predicted molar refractivity (Wildman–Crippen MR) is 192 cm³/mol. The van der Waals surface area contributed by atoms with E-state index in [4.69, 9.17) is 4.98 Å². The summed E-state index contributed by atoms with van der Waals surface area (Å²) < 4.78 is 0. The maximum Gasteiger partial charge on any atom is 0.126 e. The van der Waals surface area contributed by atoms with Crippen LogP contribution in [-0.4, -0.2) is 15.0 Å². The smallest absolute Gasteiger partial charge is 0.126 e. The third kappa shape index (κ3) is 4.18. The SMILES string of the molecule is Cc1cc(-c2ccc3c(c2)C2(c4ccccc4Sc4ccccc42)c2cccc(-c4cccc(-c5ccncc5C)c4)c2-3)nc(C)n1. The Balaban J connectivity index is 1.37. The molecule has 224 valence electrons. The zero-order valence-electron chi connectivity index (χ0n) is 26.5. The molecule has 0 fully saturated rings. The molecule has 0 bridgehead atoms. The molecule has 0 saturated heterocycles. The standard InChI is InChI=1S/C43H31N3S/c1-26-25-44-21-20-32(26)29-10-8-11-30(23-29)33-12-9-15-37-42(33)34-19-18-31(39-22-27(2)45-28(3)46-39)24-38(34)43(37)35-13-4-6-16-40(35)47-41-17-7-5-14-36(41)43/h4-25H,1-3H3. The molecule has 1 spiro atoms. The van der Waals surface area contributed by atoms with Gasteiger partial charge in [0.25, 0.3) is 0 Å². The van der Waals surface area contributed by atoms with Gasteiger partial charge in [0.2, 0.25) is 0 Å². The Morgan fingerprint density at radius 2 is 1.23 bits per heavy atom. The van der Waals surface area contributed by atoms with E-state index in [0.717, 1.165) is 22.8 Å². The molecule has 2 aliphatic rings. The number of aromatic nitrogens is 3. The van der Waals surface area contributed by atoms with Crippen LogP contribution in [-0.2, 0) is 5.41 Å². The molecule has 3 nitrogen and oxygen atoms in total. The van der Waals surface area contributed by atoms with Gasteiger partial charge in [0, 0.05) is 33.4 Å². The zero-order chi connectivity index (χ0) is 31.7. The minimum atomic E-state index is -0.481. The lowest BCUT2D eigenvalue weighted by Crippen LogP contribution is -2.32. The average molecular weight is 622 g/mol. The number of rotatable bonds is 3. The highest BCUT2D eigenvalue weighted by atomic mass is 32.2. The van der Waals surface area contributed by atoms with Gasteiger partial charge in [0.05, 0.1) is 11.1 Å². The third-order valence-corrected chi connectivity index (χ3v) is 10.9. The molecular formula is C43H31N3S. The van der Waals surface area contributed by atoms with Crippen LogP contribution in [0.25, 0.3) is 44.6 Å². The van der Waals surface area contributed by atoms with Gasteiger partial charge in [-0.2, -0.15) is 0 Å². The first-order valence-electron chi connectivity index (χ1n) is 16.0. The van der Waals surface area contributed by atoms with Gasteiger partial charge in [-0.05, 0) is 118 Å². The van der Waals surface area contributed by atoms with Crippen molar-refractivity contribution in [2.24, 2.45) is 0 Å². The van der Waals surface area contributed by atoms with Crippen molar-refractivity contribution in [2.75, 3.05) is 0 Å². The second-order valence-electron chi connectivity index (χ2n) is 12.5. The van der Waals surface area contributed by atoms with E-state index < -0.39 is 5.41 Å². The van der Waals surface area contributed by atoms with Crippen molar-refractivity contribution in [3.63, 3.8) is 0 Å². The maximum atomic E-state index is 4.89. The number of benzene rings is 5. The van der Waals surface area contributed by atoms with E-state index in [1.54, 1.807) is 0 Å². The normalized spacial score (nSPS) is 13.5. The maximum absolute atomic E-state index is 4.89. The van der Waals surface area contributed by atoms with Crippen LogP contribution in [0.2, 0.25) is 0 Å². The molecule has 0 N–H and O–H groups in total. The van der Waals surface area contributed by atoms with Crippen LogP contribution in [0, 0.1) is 20.8 Å². The Morgan fingerprint density at radius 3 is 1.98 bits per heavy atom. The minimum Gasteiger partial charge on any atom is -0.264 e. The van der Waals surface area contributed by atoms with Crippen LogP contribution in [0.1, 0.15) is 39.3 Å². The van der Waals surface area contributed by atoms with Crippen LogP contribution >= 0.6 is 11.8 Å². The lowest BCUT2D eigenvalue weighted by Gasteiger charge is -2.39. The minimum absolute atomic E-state index is 0.481. The average Bonchev–Trinajstić information content (AvgIpc) is 3.38. The second kappa shape index (κ2) is 10.6. The van der Waals surface area contributed by atoms with Crippen molar-refractivity contribution >= 4 is 11.8 Å². The summed E-state index contributed by atoms with van der Waals surface area (Å²) in [5.41, 5.74) is 16.4. The number of hydrogen-bond donors (Lipinski definition) is 0. The van der Waals surface area contributed by atoms with E-state index >= 15 is 0 Å². The molecule has 0 radical (unpaired) electrons. The summed E-state index contributed by atoms with van der Waals surface area (Å²) >= 11 is 1.87. The fourth-order valence-electron chi connectivity index (χ4n) is 7.86. The lowest BCUT2D eigenvalue weighted by molar-refractivity contribution is 0.722. The van der Waals surface area contributed by atoms with Gasteiger partial charge in [0.1, 0.15) is 5.82 Å². The number of pyridine rings is 1. The van der Waals surface area contributed by atoms with Crippen LogP contribution < -0.4 is 0 Å². The second-order valence-corrected chi connectivity index (χ2v) is 13.6. The molecule has 4 heteroatoms. The van der Waals surface area contributed by atoms with Gasteiger partial charge in [-0.25, -0.2) is 9.97 Å². The van der Waals surface area contributed by atoms with Crippen LogP contribution in [0.15, 0.2) is 144 Å². The summed E-state index contributed by atoms with van der Waals surface area (Å²) in [6.07, 6.45) is 3.82. The summed E-state index contributed by atoms with van der Waals surface area (Å²) in [6, 6.07) is 45.0. The molecule has 0 saturated carbocycles. The molecule has 7 aromatic rings. The van der Waals surface area contributed by atoms with Gasteiger partial charge < -0.3 is 0 Å². The molecule has 0 amide bonds. The number of nitrogens with zero attached hydrogens (tertiary/aromatic N) is 3. The van der Waals surface area contributed by atoms with Gasteiger partial charge in [-0.15, -0.1) is 0 Å². The molecule has 1 aliphatic carbocycles. The summed E-state index contributed by atoms with van der Waals surface area (Å²) in [7, 11) is 0. The summed E-state index contributed by atoms with van der Waals surface area (Å²) in [6.45, 7) is 6.14. The summed E-state index contributed by atoms with van der Waals surface area (Å²) in [5, 5.41) is 0. The highest BCUT2D eigenvalue weighted by Gasteiger charge is 2.50. The summed E-state index contributed by atoms with van der Waals surface area (Å²) in [4.78, 5) is 16.4. The zero-order valence-corrected chi connectivity index (χ0v) is 27.3. The van der Waals surface area contributed by atoms with Gasteiger partial charge in [-0.3, -0.25) is 4.98 Å². The molecule has 2 aromatic heterocycles. The van der Waals surface area contributed by atoms with Crippen molar-refractivity contribution in [2.45, 2.75) is 36.0 Å². The lowest BCUT2D eigenvalue weighted by atomic mass is 9.67. The first kappa shape index (κ1) is 27.9. The monoisotopic (exact) mass is 621 g/mol. The Kier molecular flexibility index (Phi) is 6.31. The molecule has 5 aromatic carbocycles. The summed E-state index contributed by atoms with van der Waals surface area (Å²) in [5.74, 6) is 0.787. The molecule has 1 aliphatic heterocycles. The molecule has 47 heavy (non-hydrogen) atoms. The molecule has 0 atom stereocenters. The Hall–Kier alpha value is -5.32. The first-order valence-corrected chi connectivity index (χ1v) is 16.8. The largest absolute Gasteiger partial charge is 0.264 e. The van der Waals surface area contributed by atoms with Gasteiger partial charge in [0.15, 0.2) is 0 Å². The van der Waals surface area contributed by atoms with Crippen LogP contribution in [0.3, 0.4) is 0 Å². The Bertz CT molecular complexity index is 2330. The van der Waals surface area contributed by atoms with E-state index in [1.165, 1.54) is 71.0 Å². The number of aryl methyl sites for hydroxylation is 3. The van der Waals surface area contributed by atoms with Crippen molar-refractivity contribution in [1.82, 2.24) is 15.0 Å². The van der Waals surface area contributed by atoms with Crippen molar-refractivity contribution < 1.29 is 0 Å². The van der Waals surface area contributed by atoms with Crippen molar-refractivity contribution in [3.05, 3.63) is 173 Å². The van der Waals surface area contributed by atoms with Crippen molar-refractivity contribution in [3.8, 4) is 44.6 Å². The van der Waals surface area contributed by atoms with E-state index in [9.17, 15) is 0 Å². The number of hydrogen-bond acceptors (Lipinski definition) is 4. The van der Waals surface area contributed by atoms with Gasteiger partial charge in [-0.1, -0.05) is 96.7 Å². The predicted octanol–water partition coefficient (Wildman–Crippen LogP) is 10.6. The van der Waals surface area contributed by atoms with E-state index in [0.29, 0.717) is 0 Å². The van der Waals surface area contributed by atoms with Gasteiger partial charge >= 0.3 is 0 Å². The molecular weight excluding hydrogens is 591 g/mol. The fraction of sp³-hybridized carbons (Fsp3) is 0.0930. The highest BCUT2D eigenvalue weighted by Crippen LogP contribution is 2.63. The fourth-order valence-corrected chi connectivity index (χ4v) is 9.06. The van der Waals surface area contributed by atoms with E-state index in [1.807, 2.05) is 38.0 Å². The number of fused-ring (bicyclic) bond motifs is 9. The highest BCUT2D eigenvalue weighted by molar-refractivity contribution is 7.99. The van der Waals surface area contributed by atoms with Crippen LogP contribution in [0.4, 0.5) is 0 Å². The molecule has 3 heterocycles. The van der Waals surface area contributed by atoms with E-state index in [-0.39, 0.29) is 0 Å². The van der Waals surface area contributed by atoms with Crippen molar-refractivity contribution in [1.29, 1.82) is 0 Å². The topological polar surface area (TPSA) is 38.7 Å². The van der Waals surface area contributed by atoms with E-state index in [2.05, 4.69) is 138 Å². The Labute approximate surface area is 279 Å². The Morgan fingerprint density at radius 1 is 0.532 bits per heavy atom.